The monoisotopic (exact) mass is 230 g/mol. The lowest BCUT2D eigenvalue weighted by Crippen LogP contribution is -2.49. The van der Waals surface area contributed by atoms with Gasteiger partial charge in [-0.3, -0.25) is 5.43 Å². The summed E-state index contributed by atoms with van der Waals surface area (Å²) < 4.78 is 10.5. The van der Waals surface area contributed by atoms with Crippen LogP contribution in [0.1, 0.15) is 19.8 Å². The number of guanidine groups is 1. The van der Waals surface area contributed by atoms with Gasteiger partial charge in [-0.15, -0.1) is 0 Å². The first-order chi connectivity index (χ1) is 7.77. The summed E-state index contributed by atoms with van der Waals surface area (Å²) in [5.74, 6) is 5.96. The molecule has 1 rings (SSSR count). The number of rotatable bonds is 5. The molecule has 2 unspecified atom stereocenters. The number of ether oxygens (including phenoxy) is 2. The molecule has 4 N–H and O–H groups in total. The van der Waals surface area contributed by atoms with E-state index in [9.17, 15) is 0 Å². The number of nitrogens with two attached hydrogens (primary N) is 1. The second-order valence-corrected chi connectivity index (χ2v) is 3.85. The van der Waals surface area contributed by atoms with E-state index in [2.05, 4.69) is 22.7 Å². The highest BCUT2D eigenvalue weighted by atomic mass is 16.5. The predicted molar refractivity (Wildman–Crippen MR) is 63.1 cm³/mol. The van der Waals surface area contributed by atoms with Gasteiger partial charge >= 0.3 is 0 Å². The van der Waals surface area contributed by atoms with Crippen LogP contribution in [0, 0.1) is 0 Å². The minimum absolute atomic E-state index is 0.208. The lowest BCUT2D eigenvalue weighted by Gasteiger charge is -2.21. The molecule has 0 bridgehead atoms. The molecule has 94 valence electrons. The Labute approximate surface area is 96.6 Å². The zero-order chi connectivity index (χ0) is 11.8. The van der Waals surface area contributed by atoms with Gasteiger partial charge < -0.3 is 14.8 Å². The van der Waals surface area contributed by atoms with Crippen LogP contribution in [0.5, 0.6) is 0 Å². The maximum atomic E-state index is 5.57. The van der Waals surface area contributed by atoms with Crippen LogP contribution < -0.4 is 16.6 Å². The summed E-state index contributed by atoms with van der Waals surface area (Å²) in [6.45, 7) is 4.09. The molecule has 2 atom stereocenters. The number of aliphatic imine (C=N–C) groups is 1. The smallest absolute Gasteiger partial charge is 0.206 e. The Morgan fingerprint density at radius 2 is 2.50 bits per heavy atom. The van der Waals surface area contributed by atoms with E-state index in [1.165, 1.54) is 0 Å². The third-order valence-electron chi connectivity index (χ3n) is 2.59. The van der Waals surface area contributed by atoms with Crippen LogP contribution >= 0.6 is 0 Å². The Hall–Kier alpha value is -0.850. The van der Waals surface area contributed by atoms with Gasteiger partial charge in [-0.2, -0.15) is 0 Å². The van der Waals surface area contributed by atoms with E-state index < -0.39 is 0 Å². The lowest BCUT2D eigenvalue weighted by atomic mass is 10.1. The van der Waals surface area contributed by atoms with Crippen LogP contribution in [0.4, 0.5) is 0 Å². The Morgan fingerprint density at radius 1 is 1.69 bits per heavy atom. The summed E-state index contributed by atoms with van der Waals surface area (Å²) in [5, 5.41) is 3.20. The fraction of sp³-hybridized carbons (Fsp3) is 0.900. The van der Waals surface area contributed by atoms with Crippen molar-refractivity contribution in [1.29, 1.82) is 0 Å². The first kappa shape index (κ1) is 13.2. The van der Waals surface area contributed by atoms with E-state index in [1.54, 1.807) is 7.11 Å². The van der Waals surface area contributed by atoms with E-state index >= 15 is 0 Å². The van der Waals surface area contributed by atoms with E-state index in [4.69, 9.17) is 15.3 Å². The summed E-state index contributed by atoms with van der Waals surface area (Å²) >= 11 is 0. The van der Waals surface area contributed by atoms with Crippen LogP contribution in [-0.4, -0.2) is 45.0 Å². The Bertz CT molecular complexity index is 217. The maximum absolute atomic E-state index is 5.57. The zero-order valence-electron chi connectivity index (χ0n) is 10.0. The van der Waals surface area contributed by atoms with Crippen molar-refractivity contribution in [2.24, 2.45) is 10.8 Å². The molecule has 6 nitrogen and oxygen atoms in total. The Morgan fingerprint density at radius 3 is 3.06 bits per heavy atom. The van der Waals surface area contributed by atoms with Crippen molar-refractivity contribution in [3.8, 4) is 0 Å². The van der Waals surface area contributed by atoms with Gasteiger partial charge in [0.1, 0.15) is 0 Å². The molecule has 0 spiro atoms. The standard InChI is InChI=1S/C10H22N4O2/c1-8(9-4-3-6-16-9)13-10(14-11)12-5-7-15-2/h8-9H,3-7,11H2,1-2H3,(H2,12,13,14). The van der Waals surface area contributed by atoms with E-state index in [0.717, 1.165) is 19.4 Å². The van der Waals surface area contributed by atoms with E-state index in [1.807, 2.05) is 0 Å². The van der Waals surface area contributed by atoms with Gasteiger partial charge in [0.05, 0.1) is 25.3 Å². The summed E-state index contributed by atoms with van der Waals surface area (Å²) in [6, 6.07) is 0.208. The highest BCUT2D eigenvalue weighted by Gasteiger charge is 2.22. The molecule has 0 aliphatic carbocycles. The second-order valence-electron chi connectivity index (χ2n) is 3.85. The molecule has 1 heterocycles. The molecule has 0 aromatic rings. The Balaban J connectivity index is 2.33. The van der Waals surface area contributed by atoms with Gasteiger partial charge in [-0.05, 0) is 19.8 Å². The van der Waals surface area contributed by atoms with Crippen molar-refractivity contribution in [2.75, 3.05) is 26.9 Å². The summed E-state index contributed by atoms with van der Waals surface area (Å²) in [4.78, 5) is 4.23. The molecule has 0 aromatic heterocycles. The van der Waals surface area contributed by atoms with Crippen molar-refractivity contribution in [3.63, 3.8) is 0 Å². The molecule has 1 saturated heterocycles. The average molecular weight is 230 g/mol. The third kappa shape index (κ3) is 4.34. The lowest BCUT2D eigenvalue weighted by molar-refractivity contribution is 0.0890. The molecule has 0 amide bonds. The number of methoxy groups -OCH3 is 1. The first-order valence-corrected chi connectivity index (χ1v) is 5.66. The molecule has 0 radical (unpaired) electrons. The molecule has 0 saturated carbocycles. The number of hydrazine groups is 1. The van der Waals surface area contributed by atoms with Gasteiger partial charge in [0.25, 0.3) is 0 Å². The third-order valence-corrected chi connectivity index (χ3v) is 2.59. The highest BCUT2D eigenvalue weighted by molar-refractivity contribution is 5.79. The first-order valence-electron chi connectivity index (χ1n) is 5.66. The largest absolute Gasteiger partial charge is 0.383 e. The van der Waals surface area contributed by atoms with Crippen LogP contribution in [0.25, 0.3) is 0 Å². The average Bonchev–Trinajstić information content (AvgIpc) is 2.81. The van der Waals surface area contributed by atoms with Gasteiger partial charge in [-0.25, -0.2) is 10.8 Å². The molecule has 1 aliphatic heterocycles. The van der Waals surface area contributed by atoms with Crippen LogP contribution in [0.3, 0.4) is 0 Å². The number of nitrogens with one attached hydrogen (secondary N) is 2. The summed E-state index contributed by atoms with van der Waals surface area (Å²) in [7, 11) is 1.65. The Kier molecular flexibility index (Phi) is 6.14. The van der Waals surface area contributed by atoms with Gasteiger partial charge in [0.15, 0.2) is 0 Å². The predicted octanol–water partition coefficient (Wildman–Crippen LogP) is -0.391. The molecule has 1 fully saturated rings. The quantitative estimate of drug-likeness (QED) is 0.197. The van der Waals surface area contributed by atoms with Crippen molar-refractivity contribution < 1.29 is 9.47 Å². The SMILES string of the molecule is COCCN=C(NN)NC(C)C1CCCO1. The van der Waals surface area contributed by atoms with Gasteiger partial charge in [0, 0.05) is 13.7 Å². The van der Waals surface area contributed by atoms with Crippen molar-refractivity contribution in [1.82, 2.24) is 10.7 Å². The summed E-state index contributed by atoms with van der Waals surface area (Å²) in [6.07, 6.45) is 2.47. The molecular weight excluding hydrogens is 208 g/mol. The fourth-order valence-corrected chi connectivity index (χ4v) is 1.69. The van der Waals surface area contributed by atoms with Crippen LogP contribution in [0.2, 0.25) is 0 Å². The fourth-order valence-electron chi connectivity index (χ4n) is 1.69. The molecular formula is C10H22N4O2. The van der Waals surface area contributed by atoms with E-state index in [-0.39, 0.29) is 12.1 Å². The van der Waals surface area contributed by atoms with Crippen molar-refractivity contribution >= 4 is 5.96 Å². The normalized spacial score (nSPS) is 23.2. The van der Waals surface area contributed by atoms with E-state index in [0.29, 0.717) is 19.1 Å². The van der Waals surface area contributed by atoms with Crippen LogP contribution in [0.15, 0.2) is 4.99 Å². The zero-order valence-corrected chi connectivity index (χ0v) is 10.0. The molecule has 16 heavy (non-hydrogen) atoms. The number of nitrogens with zero attached hydrogens (tertiary/aromatic N) is 1. The van der Waals surface area contributed by atoms with Gasteiger partial charge in [0.2, 0.25) is 5.96 Å². The topological polar surface area (TPSA) is 80.9 Å². The van der Waals surface area contributed by atoms with Crippen molar-refractivity contribution in [3.05, 3.63) is 0 Å². The molecule has 1 aliphatic rings. The number of hydrogen-bond donors (Lipinski definition) is 3. The number of hydrogen-bond acceptors (Lipinski definition) is 4. The summed E-state index contributed by atoms with van der Waals surface area (Å²) in [5.41, 5.74) is 2.54. The maximum Gasteiger partial charge on any atom is 0.206 e. The van der Waals surface area contributed by atoms with Crippen molar-refractivity contribution in [2.45, 2.75) is 31.9 Å². The highest BCUT2D eigenvalue weighted by Crippen LogP contribution is 2.15. The minimum atomic E-state index is 0.208. The second kappa shape index (κ2) is 7.43. The van der Waals surface area contributed by atoms with Crippen LogP contribution in [-0.2, 0) is 9.47 Å². The van der Waals surface area contributed by atoms with Gasteiger partial charge in [-0.1, -0.05) is 0 Å². The molecule has 6 heteroatoms. The minimum Gasteiger partial charge on any atom is -0.383 e. The molecule has 0 aromatic carbocycles.